The van der Waals surface area contributed by atoms with Crippen LogP contribution in [0, 0.1) is 29.2 Å². The number of unbranched alkanes of at least 4 members (excludes halogenated alkanes) is 3. The minimum atomic E-state index is -1.04. The van der Waals surface area contributed by atoms with Crippen molar-refractivity contribution in [2.45, 2.75) is 96.8 Å². The molecule has 0 N–H and O–H groups in total. The van der Waals surface area contributed by atoms with E-state index in [1.807, 2.05) is 6.92 Å². The van der Waals surface area contributed by atoms with Gasteiger partial charge in [0.2, 0.25) is 0 Å². The minimum absolute atomic E-state index is 0.00244. The summed E-state index contributed by atoms with van der Waals surface area (Å²) in [5.41, 5.74) is 1.75. The summed E-state index contributed by atoms with van der Waals surface area (Å²) in [5.74, 6) is -3.16. The summed E-state index contributed by atoms with van der Waals surface area (Å²) in [6.07, 6.45) is 11.2. The lowest BCUT2D eigenvalue weighted by Crippen LogP contribution is -2.15. The summed E-state index contributed by atoms with van der Waals surface area (Å²) >= 11 is 0. The minimum Gasteiger partial charge on any atom is -0.203 e. The van der Waals surface area contributed by atoms with Gasteiger partial charge in [0.1, 0.15) is 0 Å². The topological polar surface area (TPSA) is 0 Å². The van der Waals surface area contributed by atoms with Gasteiger partial charge in [0.25, 0.3) is 0 Å². The van der Waals surface area contributed by atoms with Gasteiger partial charge in [-0.1, -0.05) is 58.1 Å². The van der Waals surface area contributed by atoms with Crippen molar-refractivity contribution >= 4 is 0 Å². The highest BCUT2D eigenvalue weighted by Gasteiger charge is 2.34. The Bertz CT molecular complexity index is 970. The molecule has 2 aromatic carbocycles. The van der Waals surface area contributed by atoms with E-state index >= 15 is 8.78 Å². The lowest BCUT2D eigenvalue weighted by molar-refractivity contribution is 0.298. The Morgan fingerprint density at radius 2 is 1.34 bits per heavy atom. The molecule has 2 aromatic rings. The molecule has 0 bridgehead atoms. The number of benzene rings is 2. The van der Waals surface area contributed by atoms with Gasteiger partial charge < -0.3 is 0 Å². The molecular weight excluding hydrogens is 412 g/mol. The van der Waals surface area contributed by atoms with Gasteiger partial charge in [-0.05, 0) is 79.0 Å². The molecule has 4 rings (SSSR count). The van der Waals surface area contributed by atoms with Gasteiger partial charge in [-0.3, -0.25) is 0 Å². The van der Waals surface area contributed by atoms with Crippen molar-refractivity contribution < 1.29 is 17.6 Å². The molecule has 32 heavy (non-hydrogen) atoms. The molecule has 174 valence electrons. The van der Waals surface area contributed by atoms with E-state index in [9.17, 15) is 8.78 Å². The molecule has 0 unspecified atom stereocenters. The monoisotopic (exact) mass is 446 g/mol. The van der Waals surface area contributed by atoms with E-state index in [0.29, 0.717) is 41.0 Å². The van der Waals surface area contributed by atoms with Gasteiger partial charge in [0, 0.05) is 11.1 Å². The van der Waals surface area contributed by atoms with Crippen LogP contribution < -0.4 is 0 Å². The fraction of sp³-hybridized carbons (Fsp3) is 0.571. The number of halogens is 4. The van der Waals surface area contributed by atoms with Crippen LogP contribution in [0.5, 0.6) is 0 Å². The van der Waals surface area contributed by atoms with E-state index in [1.165, 1.54) is 25.7 Å². The molecule has 0 aliphatic heterocycles. The molecule has 2 aliphatic carbocycles. The molecule has 2 aliphatic rings. The maximum Gasteiger partial charge on any atom is 0.167 e. The zero-order chi connectivity index (χ0) is 22.8. The summed E-state index contributed by atoms with van der Waals surface area (Å²) < 4.78 is 60.0. The van der Waals surface area contributed by atoms with Crippen molar-refractivity contribution in [2.24, 2.45) is 5.92 Å². The molecule has 0 amide bonds. The van der Waals surface area contributed by atoms with Crippen molar-refractivity contribution in [3.05, 3.63) is 57.7 Å². The van der Waals surface area contributed by atoms with Crippen LogP contribution in [-0.2, 0) is 12.8 Å². The van der Waals surface area contributed by atoms with Crippen LogP contribution in [0.3, 0.4) is 0 Å². The summed E-state index contributed by atoms with van der Waals surface area (Å²) in [5, 5.41) is 0. The second-order valence-corrected chi connectivity index (χ2v) is 9.82. The first-order valence-electron chi connectivity index (χ1n) is 12.5. The number of fused-ring (bicyclic) bond motifs is 3. The van der Waals surface area contributed by atoms with Gasteiger partial charge >= 0.3 is 0 Å². The van der Waals surface area contributed by atoms with Gasteiger partial charge in [0.05, 0.1) is 0 Å². The van der Waals surface area contributed by atoms with Crippen molar-refractivity contribution in [1.29, 1.82) is 0 Å². The summed E-state index contributed by atoms with van der Waals surface area (Å²) in [4.78, 5) is 0. The fourth-order valence-corrected chi connectivity index (χ4v) is 5.75. The third-order valence-electron chi connectivity index (χ3n) is 7.61. The van der Waals surface area contributed by atoms with Crippen molar-refractivity contribution in [3.63, 3.8) is 0 Å². The normalized spacial score (nSPS) is 19.8. The van der Waals surface area contributed by atoms with Gasteiger partial charge in [-0.25, -0.2) is 17.6 Å². The van der Waals surface area contributed by atoms with E-state index in [2.05, 4.69) is 6.92 Å². The quantitative estimate of drug-likeness (QED) is 0.239. The maximum absolute atomic E-state index is 15.2. The molecule has 0 saturated heterocycles. The van der Waals surface area contributed by atoms with Gasteiger partial charge in [-0.15, -0.1) is 0 Å². The largest absolute Gasteiger partial charge is 0.203 e. The van der Waals surface area contributed by atoms with Crippen LogP contribution in [0.2, 0.25) is 0 Å². The standard InChI is InChI=1S/C28H34F4/c1-3-5-7-8-17-10-12-18(13-11-17)22-16-21-15-20-14-19(9-6-4-2)25(29)27(31)23(20)24(21)28(32)26(22)30/h14,16-18H,3-13,15H2,1-2H3. The highest BCUT2D eigenvalue weighted by molar-refractivity contribution is 5.79. The lowest BCUT2D eigenvalue weighted by atomic mass is 9.76. The van der Waals surface area contributed by atoms with Crippen molar-refractivity contribution in [1.82, 2.24) is 0 Å². The molecule has 0 nitrogen and oxygen atoms in total. The van der Waals surface area contributed by atoms with Crippen LogP contribution in [0.1, 0.15) is 106 Å². The number of hydrogen-bond donors (Lipinski definition) is 0. The third kappa shape index (κ3) is 4.34. The molecule has 0 radical (unpaired) electrons. The van der Waals surface area contributed by atoms with E-state index in [1.54, 1.807) is 12.1 Å². The molecule has 0 atom stereocenters. The highest BCUT2D eigenvalue weighted by Crippen LogP contribution is 2.46. The highest BCUT2D eigenvalue weighted by atomic mass is 19.2. The van der Waals surface area contributed by atoms with E-state index in [-0.39, 0.29) is 17.0 Å². The van der Waals surface area contributed by atoms with Crippen LogP contribution in [-0.4, -0.2) is 0 Å². The molecule has 0 heterocycles. The Hall–Kier alpha value is -1.84. The molecule has 1 saturated carbocycles. The fourth-order valence-electron chi connectivity index (χ4n) is 5.75. The number of hydrogen-bond acceptors (Lipinski definition) is 0. The average Bonchev–Trinajstić information content (AvgIpc) is 3.17. The SMILES string of the molecule is CCCCCC1CCC(c2cc3c(c(F)c2F)-c2c(cc(CCCC)c(F)c2F)C3)CC1. The second kappa shape index (κ2) is 9.97. The molecule has 4 heteroatoms. The molecular formula is C28H34F4. The summed E-state index contributed by atoms with van der Waals surface area (Å²) in [6, 6.07) is 3.39. The molecule has 1 fully saturated rings. The van der Waals surface area contributed by atoms with Crippen LogP contribution in [0.15, 0.2) is 12.1 Å². The first kappa shape index (κ1) is 23.3. The van der Waals surface area contributed by atoms with Gasteiger partial charge in [0.15, 0.2) is 23.3 Å². The Morgan fingerprint density at radius 1 is 0.719 bits per heavy atom. The predicted octanol–water partition coefficient (Wildman–Crippen LogP) is 9.01. The van der Waals surface area contributed by atoms with Crippen LogP contribution >= 0.6 is 0 Å². The predicted molar refractivity (Wildman–Crippen MR) is 122 cm³/mol. The van der Waals surface area contributed by atoms with E-state index < -0.39 is 23.3 Å². The molecule has 0 spiro atoms. The first-order chi connectivity index (χ1) is 15.5. The second-order valence-electron chi connectivity index (χ2n) is 9.82. The van der Waals surface area contributed by atoms with E-state index in [4.69, 9.17) is 0 Å². The number of rotatable bonds is 8. The Balaban J connectivity index is 1.59. The number of aryl methyl sites for hydroxylation is 1. The zero-order valence-corrected chi connectivity index (χ0v) is 19.3. The van der Waals surface area contributed by atoms with Crippen molar-refractivity contribution in [3.8, 4) is 11.1 Å². The van der Waals surface area contributed by atoms with Gasteiger partial charge in [-0.2, -0.15) is 0 Å². The maximum atomic E-state index is 15.2. The van der Waals surface area contributed by atoms with Crippen molar-refractivity contribution in [2.75, 3.05) is 0 Å². The third-order valence-corrected chi connectivity index (χ3v) is 7.61. The first-order valence-corrected chi connectivity index (χ1v) is 12.5. The lowest BCUT2D eigenvalue weighted by Gasteiger charge is -2.29. The summed E-state index contributed by atoms with van der Waals surface area (Å²) in [6.45, 7) is 4.20. The van der Waals surface area contributed by atoms with E-state index in [0.717, 1.165) is 38.5 Å². The average molecular weight is 447 g/mol. The molecule has 0 aromatic heterocycles. The van der Waals surface area contributed by atoms with Crippen LogP contribution in [0.4, 0.5) is 17.6 Å². The Kier molecular flexibility index (Phi) is 7.27. The smallest absolute Gasteiger partial charge is 0.167 e. The Morgan fingerprint density at radius 3 is 2.00 bits per heavy atom. The Labute approximate surface area is 189 Å². The zero-order valence-electron chi connectivity index (χ0n) is 19.3. The van der Waals surface area contributed by atoms with Crippen LogP contribution in [0.25, 0.3) is 11.1 Å². The summed E-state index contributed by atoms with van der Waals surface area (Å²) in [7, 11) is 0.